The maximum atomic E-state index is 3.79. The van der Waals surface area contributed by atoms with Crippen LogP contribution in [0.1, 0.15) is 27.8 Å². The van der Waals surface area contributed by atoms with Crippen molar-refractivity contribution in [1.82, 2.24) is 14.8 Å². The van der Waals surface area contributed by atoms with Gasteiger partial charge in [-0.1, -0.05) is 158 Å². The van der Waals surface area contributed by atoms with Crippen molar-refractivity contribution in [3.63, 3.8) is 0 Å². The number of fused-ring (bicyclic) bond motifs is 3. The molecule has 7 rings (SSSR count). The lowest BCUT2D eigenvalue weighted by molar-refractivity contribution is 0.0182. The van der Waals surface area contributed by atoms with Gasteiger partial charge in [0.2, 0.25) is 0 Å². The number of hydrogen-bond donors (Lipinski definition) is 1. The van der Waals surface area contributed by atoms with Crippen LogP contribution in [-0.2, 0) is 32.6 Å². The van der Waals surface area contributed by atoms with Crippen LogP contribution in [0.4, 0.5) is 0 Å². The topological polar surface area (TPSA) is 22.3 Å². The predicted molar refractivity (Wildman–Crippen MR) is 188 cm³/mol. The highest BCUT2D eigenvalue weighted by molar-refractivity contribution is 6.08. The van der Waals surface area contributed by atoms with E-state index in [0.717, 1.165) is 32.6 Å². The van der Waals surface area contributed by atoms with Gasteiger partial charge in [-0.3, -0.25) is 9.80 Å². The van der Waals surface area contributed by atoms with Crippen molar-refractivity contribution in [3.05, 3.63) is 192 Å². The minimum Gasteiger partial charge on any atom is -0.354 e. The Bertz CT molecular complexity index is 1760. The fourth-order valence-electron chi connectivity index (χ4n) is 6.59. The fourth-order valence-corrected chi connectivity index (χ4v) is 6.59. The Labute approximate surface area is 266 Å². The van der Waals surface area contributed by atoms with Crippen LogP contribution in [0.3, 0.4) is 0 Å². The van der Waals surface area contributed by atoms with Crippen molar-refractivity contribution in [2.45, 2.75) is 38.8 Å². The second kappa shape index (κ2) is 13.8. The maximum Gasteiger partial charge on any atom is 0.0676 e. The van der Waals surface area contributed by atoms with Gasteiger partial charge >= 0.3 is 0 Å². The molecule has 0 saturated carbocycles. The van der Waals surface area contributed by atoms with Crippen molar-refractivity contribution in [1.29, 1.82) is 0 Å². The number of H-pyrrole nitrogens is 1. The molecule has 45 heavy (non-hydrogen) atoms. The van der Waals surface area contributed by atoms with Crippen molar-refractivity contribution < 1.29 is 0 Å². The molecule has 0 saturated heterocycles. The first kappa shape index (κ1) is 28.8. The molecule has 0 aliphatic heterocycles. The zero-order chi connectivity index (χ0) is 30.3. The van der Waals surface area contributed by atoms with Gasteiger partial charge in [-0.05, 0) is 33.9 Å². The molecule has 1 aromatic heterocycles. The molecule has 0 amide bonds. The van der Waals surface area contributed by atoms with Crippen LogP contribution in [0.5, 0.6) is 0 Å². The Morgan fingerprint density at radius 1 is 0.400 bits per heavy atom. The molecule has 0 radical (unpaired) electrons. The lowest BCUT2D eigenvalue weighted by Crippen LogP contribution is -2.48. The summed E-state index contributed by atoms with van der Waals surface area (Å²) >= 11 is 0. The summed E-state index contributed by atoms with van der Waals surface area (Å²) in [5, 5.41) is 2.57. The number of rotatable bonds is 12. The van der Waals surface area contributed by atoms with Crippen LogP contribution in [0.2, 0.25) is 0 Å². The Kier molecular flexibility index (Phi) is 8.81. The minimum absolute atomic E-state index is 0.114. The first-order valence-electron chi connectivity index (χ1n) is 15.9. The maximum absolute atomic E-state index is 3.79. The lowest BCUT2D eigenvalue weighted by Gasteiger charge is -2.41. The molecule has 1 heterocycles. The van der Waals surface area contributed by atoms with E-state index in [-0.39, 0.29) is 6.17 Å². The average molecular weight is 586 g/mol. The molecule has 3 heteroatoms. The van der Waals surface area contributed by atoms with E-state index in [1.54, 1.807) is 0 Å². The third-order valence-electron chi connectivity index (χ3n) is 8.79. The van der Waals surface area contributed by atoms with Crippen LogP contribution in [-0.4, -0.2) is 20.9 Å². The predicted octanol–water partition coefficient (Wildman–Crippen LogP) is 9.59. The fraction of sp³-hybridized carbons (Fsp3) is 0.143. The van der Waals surface area contributed by atoms with E-state index in [1.165, 1.54) is 49.6 Å². The second-order valence-corrected chi connectivity index (χ2v) is 11.9. The van der Waals surface area contributed by atoms with E-state index in [4.69, 9.17) is 0 Å². The van der Waals surface area contributed by atoms with E-state index in [2.05, 4.69) is 179 Å². The van der Waals surface area contributed by atoms with Crippen LogP contribution >= 0.6 is 0 Å². The van der Waals surface area contributed by atoms with Crippen LogP contribution in [0.25, 0.3) is 21.8 Å². The van der Waals surface area contributed by atoms with Gasteiger partial charge in [-0.2, -0.15) is 0 Å². The summed E-state index contributed by atoms with van der Waals surface area (Å²) in [6.07, 6.45) is 0.992. The number of aromatic amines is 1. The quantitative estimate of drug-likeness (QED) is 0.144. The standard InChI is InChI=1S/C42H39N3/c1-5-16-33(17-6-1)29-44(30-34-18-7-2-8-19-34)41(28-37-24-15-26-39-38-25-13-14-27-40(38)43-42(37)39)45(31-35-20-9-3-10-21-35)32-36-22-11-4-12-23-36/h1-27,41,43H,28-32H2. The first-order chi connectivity index (χ1) is 22.3. The van der Waals surface area contributed by atoms with Crippen molar-refractivity contribution in [2.75, 3.05) is 0 Å². The molecular weight excluding hydrogens is 546 g/mol. The molecule has 6 aromatic carbocycles. The van der Waals surface area contributed by atoms with Crippen molar-refractivity contribution >= 4 is 21.8 Å². The monoisotopic (exact) mass is 585 g/mol. The van der Waals surface area contributed by atoms with Gasteiger partial charge in [0.1, 0.15) is 0 Å². The van der Waals surface area contributed by atoms with E-state index in [0.29, 0.717) is 0 Å². The summed E-state index contributed by atoms with van der Waals surface area (Å²) in [5.74, 6) is 0. The number of hydrogen-bond acceptors (Lipinski definition) is 2. The van der Waals surface area contributed by atoms with E-state index in [1.807, 2.05) is 0 Å². The summed E-state index contributed by atoms with van der Waals surface area (Å²) in [7, 11) is 0. The Balaban J connectivity index is 1.36. The van der Waals surface area contributed by atoms with Gasteiger partial charge in [0.05, 0.1) is 6.17 Å². The molecular formula is C42H39N3. The Morgan fingerprint density at radius 2 is 0.800 bits per heavy atom. The molecule has 7 aromatic rings. The van der Waals surface area contributed by atoms with Crippen LogP contribution in [0.15, 0.2) is 164 Å². The van der Waals surface area contributed by atoms with Gasteiger partial charge < -0.3 is 4.98 Å². The third kappa shape index (κ3) is 6.91. The van der Waals surface area contributed by atoms with Crippen molar-refractivity contribution in [2.24, 2.45) is 0 Å². The zero-order valence-corrected chi connectivity index (χ0v) is 25.6. The van der Waals surface area contributed by atoms with Gasteiger partial charge in [0, 0.05) is 54.4 Å². The molecule has 0 unspecified atom stereocenters. The van der Waals surface area contributed by atoms with E-state index in [9.17, 15) is 0 Å². The summed E-state index contributed by atoms with van der Waals surface area (Å²) in [4.78, 5) is 9.15. The smallest absolute Gasteiger partial charge is 0.0676 e. The number of aromatic nitrogens is 1. The number of nitrogens with zero attached hydrogens (tertiary/aromatic N) is 2. The van der Waals surface area contributed by atoms with Gasteiger partial charge in [-0.25, -0.2) is 0 Å². The summed E-state index contributed by atoms with van der Waals surface area (Å²) < 4.78 is 0. The average Bonchev–Trinajstić information content (AvgIpc) is 3.48. The highest BCUT2D eigenvalue weighted by Crippen LogP contribution is 2.31. The minimum atomic E-state index is 0.114. The summed E-state index contributed by atoms with van der Waals surface area (Å²) in [6, 6.07) is 59.2. The van der Waals surface area contributed by atoms with Gasteiger partial charge in [0.25, 0.3) is 0 Å². The van der Waals surface area contributed by atoms with Gasteiger partial charge in [-0.15, -0.1) is 0 Å². The molecule has 0 bridgehead atoms. The molecule has 1 N–H and O–H groups in total. The van der Waals surface area contributed by atoms with E-state index < -0.39 is 0 Å². The second-order valence-electron chi connectivity index (χ2n) is 11.9. The summed E-state index contributed by atoms with van der Waals surface area (Å²) in [6.45, 7) is 3.40. The van der Waals surface area contributed by atoms with Crippen LogP contribution < -0.4 is 0 Å². The number of benzene rings is 6. The zero-order valence-electron chi connectivity index (χ0n) is 25.6. The largest absolute Gasteiger partial charge is 0.354 e. The Hall–Kier alpha value is -4.96. The molecule has 222 valence electrons. The van der Waals surface area contributed by atoms with Crippen LogP contribution in [0, 0.1) is 0 Å². The Morgan fingerprint density at radius 3 is 1.27 bits per heavy atom. The molecule has 0 atom stereocenters. The SMILES string of the molecule is c1ccc(CN(Cc2ccccc2)C(Cc2cccc3c2[nH]c2ccccc23)N(Cc2ccccc2)Cc2ccccc2)cc1. The summed E-state index contributed by atoms with van der Waals surface area (Å²) in [5.41, 5.74) is 9.05. The highest BCUT2D eigenvalue weighted by atomic mass is 15.3. The molecule has 0 aliphatic carbocycles. The molecule has 3 nitrogen and oxygen atoms in total. The van der Waals surface area contributed by atoms with Gasteiger partial charge in [0.15, 0.2) is 0 Å². The third-order valence-corrected chi connectivity index (χ3v) is 8.79. The first-order valence-corrected chi connectivity index (χ1v) is 15.9. The molecule has 0 aliphatic rings. The lowest BCUT2D eigenvalue weighted by atomic mass is 10.0. The molecule has 0 fully saturated rings. The van der Waals surface area contributed by atoms with E-state index >= 15 is 0 Å². The number of para-hydroxylation sites is 2. The highest BCUT2D eigenvalue weighted by Gasteiger charge is 2.28. The molecule has 0 spiro atoms. The van der Waals surface area contributed by atoms with Crippen molar-refractivity contribution in [3.8, 4) is 0 Å². The number of nitrogens with one attached hydrogen (secondary N) is 1. The normalized spacial score (nSPS) is 11.7.